The van der Waals surface area contributed by atoms with Gasteiger partial charge in [0.1, 0.15) is 0 Å². The van der Waals surface area contributed by atoms with Crippen molar-refractivity contribution < 1.29 is 8.42 Å². The van der Waals surface area contributed by atoms with Gasteiger partial charge in [-0.25, -0.2) is 13.1 Å². The van der Waals surface area contributed by atoms with Crippen LogP contribution in [0.1, 0.15) is 12.6 Å². The molecule has 0 saturated carbocycles. The predicted molar refractivity (Wildman–Crippen MR) is 55.4 cm³/mol. The number of hydrogen-bond donors (Lipinski definition) is 2. The SMILES string of the molecule is CCS(=O)(=O)Nc1c(N)c(C)nn1C. The fourth-order valence-corrected chi connectivity index (χ4v) is 1.70. The Kier molecular flexibility index (Phi) is 2.70. The van der Waals surface area contributed by atoms with Crippen LogP contribution in [0.25, 0.3) is 0 Å². The summed E-state index contributed by atoms with van der Waals surface area (Å²) in [4.78, 5) is 0. The van der Waals surface area contributed by atoms with E-state index in [9.17, 15) is 8.42 Å². The Hall–Kier alpha value is -1.24. The number of aryl methyl sites for hydroxylation is 2. The van der Waals surface area contributed by atoms with Crippen LogP contribution in [-0.2, 0) is 17.1 Å². The van der Waals surface area contributed by atoms with Gasteiger partial charge in [0.2, 0.25) is 10.0 Å². The van der Waals surface area contributed by atoms with Gasteiger partial charge >= 0.3 is 0 Å². The second-order valence-corrected chi connectivity index (χ2v) is 4.99. The summed E-state index contributed by atoms with van der Waals surface area (Å²) in [6, 6.07) is 0. The van der Waals surface area contributed by atoms with Gasteiger partial charge in [0.15, 0.2) is 5.82 Å². The second-order valence-electron chi connectivity index (χ2n) is 2.98. The minimum atomic E-state index is -3.30. The van der Waals surface area contributed by atoms with Crippen LogP contribution in [0.4, 0.5) is 11.5 Å². The van der Waals surface area contributed by atoms with Crippen molar-refractivity contribution in [1.29, 1.82) is 0 Å². The molecule has 0 saturated heterocycles. The lowest BCUT2D eigenvalue weighted by atomic mass is 10.4. The summed E-state index contributed by atoms with van der Waals surface area (Å²) in [6.07, 6.45) is 0. The van der Waals surface area contributed by atoms with Gasteiger partial charge in [0.05, 0.1) is 17.1 Å². The molecule has 7 heteroatoms. The van der Waals surface area contributed by atoms with Gasteiger partial charge in [0, 0.05) is 7.05 Å². The van der Waals surface area contributed by atoms with Gasteiger partial charge in [-0.2, -0.15) is 5.10 Å². The van der Waals surface area contributed by atoms with Crippen molar-refractivity contribution in [2.75, 3.05) is 16.2 Å². The number of hydrogen-bond acceptors (Lipinski definition) is 4. The molecule has 0 aliphatic rings. The van der Waals surface area contributed by atoms with E-state index >= 15 is 0 Å². The van der Waals surface area contributed by atoms with E-state index in [0.29, 0.717) is 17.2 Å². The Bertz CT molecular complexity index is 435. The Balaban J connectivity index is 3.09. The fourth-order valence-electron chi connectivity index (χ4n) is 1.02. The third kappa shape index (κ3) is 1.98. The van der Waals surface area contributed by atoms with Gasteiger partial charge in [0.25, 0.3) is 0 Å². The lowest BCUT2D eigenvalue weighted by molar-refractivity contribution is 0.601. The van der Waals surface area contributed by atoms with Gasteiger partial charge < -0.3 is 5.73 Å². The lowest BCUT2D eigenvalue weighted by Crippen LogP contribution is -2.17. The van der Waals surface area contributed by atoms with E-state index in [1.165, 1.54) is 4.68 Å². The third-order valence-electron chi connectivity index (χ3n) is 1.90. The van der Waals surface area contributed by atoms with Crippen LogP contribution in [0.15, 0.2) is 0 Å². The van der Waals surface area contributed by atoms with Crippen LogP contribution >= 0.6 is 0 Å². The van der Waals surface area contributed by atoms with Gasteiger partial charge in [-0.1, -0.05) is 0 Å². The molecule has 1 aromatic heterocycles. The summed E-state index contributed by atoms with van der Waals surface area (Å²) >= 11 is 0. The normalized spacial score (nSPS) is 11.6. The summed E-state index contributed by atoms with van der Waals surface area (Å²) in [6.45, 7) is 3.28. The molecule has 0 amide bonds. The summed E-state index contributed by atoms with van der Waals surface area (Å²) < 4.78 is 26.3. The monoisotopic (exact) mass is 218 g/mol. The first-order chi connectivity index (χ1) is 6.37. The topological polar surface area (TPSA) is 90.0 Å². The Morgan fingerprint density at radius 2 is 2.14 bits per heavy atom. The van der Waals surface area contributed by atoms with Crippen molar-refractivity contribution in [1.82, 2.24) is 9.78 Å². The molecule has 1 heterocycles. The van der Waals surface area contributed by atoms with Crippen LogP contribution in [-0.4, -0.2) is 24.0 Å². The second kappa shape index (κ2) is 3.49. The molecular weight excluding hydrogens is 204 g/mol. The average molecular weight is 218 g/mol. The molecule has 1 rings (SSSR count). The van der Waals surface area contributed by atoms with Crippen molar-refractivity contribution in [2.45, 2.75) is 13.8 Å². The lowest BCUT2D eigenvalue weighted by Gasteiger charge is -2.06. The van der Waals surface area contributed by atoms with E-state index in [4.69, 9.17) is 5.73 Å². The highest BCUT2D eigenvalue weighted by Gasteiger charge is 2.15. The highest BCUT2D eigenvalue weighted by atomic mass is 32.2. The molecule has 0 atom stereocenters. The van der Waals surface area contributed by atoms with Gasteiger partial charge in [-0.05, 0) is 13.8 Å². The van der Waals surface area contributed by atoms with E-state index in [1.54, 1.807) is 20.9 Å². The smallest absolute Gasteiger partial charge is 0.233 e. The van der Waals surface area contributed by atoms with Crippen LogP contribution in [0, 0.1) is 6.92 Å². The first-order valence-electron chi connectivity index (χ1n) is 4.17. The average Bonchev–Trinajstić information content (AvgIpc) is 2.32. The minimum absolute atomic E-state index is 0.0106. The number of sulfonamides is 1. The Morgan fingerprint density at radius 3 is 2.50 bits per heavy atom. The van der Waals surface area contributed by atoms with E-state index < -0.39 is 10.0 Å². The molecule has 6 nitrogen and oxygen atoms in total. The molecule has 0 spiro atoms. The molecule has 14 heavy (non-hydrogen) atoms. The maximum atomic E-state index is 11.3. The van der Waals surface area contributed by atoms with Crippen molar-refractivity contribution in [3.8, 4) is 0 Å². The van der Waals surface area contributed by atoms with E-state index in [-0.39, 0.29) is 5.75 Å². The molecule has 0 radical (unpaired) electrons. The number of aromatic nitrogens is 2. The zero-order chi connectivity index (χ0) is 10.9. The molecule has 0 aliphatic heterocycles. The third-order valence-corrected chi connectivity index (χ3v) is 3.17. The minimum Gasteiger partial charge on any atom is -0.394 e. The quantitative estimate of drug-likeness (QED) is 0.751. The highest BCUT2D eigenvalue weighted by molar-refractivity contribution is 7.92. The maximum Gasteiger partial charge on any atom is 0.233 e. The number of nitrogens with two attached hydrogens (primary N) is 1. The maximum absolute atomic E-state index is 11.3. The largest absolute Gasteiger partial charge is 0.394 e. The standard InChI is InChI=1S/C7H14N4O2S/c1-4-14(12,13)10-7-6(8)5(2)9-11(7)3/h10H,4,8H2,1-3H3. The number of nitrogens with one attached hydrogen (secondary N) is 1. The molecule has 80 valence electrons. The first-order valence-corrected chi connectivity index (χ1v) is 5.82. The highest BCUT2D eigenvalue weighted by Crippen LogP contribution is 2.21. The Labute approximate surface area is 83.1 Å². The Morgan fingerprint density at radius 1 is 1.57 bits per heavy atom. The van der Waals surface area contributed by atoms with Crippen LogP contribution < -0.4 is 10.5 Å². The molecule has 0 bridgehead atoms. The van der Waals surface area contributed by atoms with Crippen LogP contribution in [0.5, 0.6) is 0 Å². The number of rotatable bonds is 3. The molecule has 0 unspecified atom stereocenters. The molecular formula is C7H14N4O2S. The van der Waals surface area contributed by atoms with E-state index in [1.807, 2.05) is 0 Å². The molecule has 1 aromatic rings. The molecule has 3 N–H and O–H groups in total. The van der Waals surface area contributed by atoms with Crippen molar-refractivity contribution >= 4 is 21.5 Å². The predicted octanol–water partition coefficient (Wildman–Crippen LogP) is 0.0723. The van der Waals surface area contributed by atoms with E-state index in [2.05, 4.69) is 9.82 Å². The van der Waals surface area contributed by atoms with Crippen molar-refractivity contribution in [2.24, 2.45) is 7.05 Å². The van der Waals surface area contributed by atoms with Gasteiger partial charge in [-0.15, -0.1) is 0 Å². The van der Waals surface area contributed by atoms with Crippen LogP contribution in [0.3, 0.4) is 0 Å². The van der Waals surface area contributed by atoms with Crippen molar-refractivity contribution in [3.05, 3.63) is 5.69 Å². The summed E-state index contributed by atoms with van der Waals surface area (Å²) in [5, 5.41) is 3.99. The van der Waals surface area contributed by atoms with Crippen LogP contribution in [0.2, 0.25) is 0 Å². The number of nitrogen functional groups attached to an aromatic ring is 1. The summed E-state index contributed by atoms with van der Waals surface area (Å²) in [7, 11) is -1.66. The molecule has 0 fully saturated rings. The van der Waals surface area contributed by atoms with E-state index in [0.717, 1.165) is 0 Å². The fraction of sp³-hybridized carbons (Fsp3) is 0.571. The molecule has 0 aliphatic carbocycles. The summed E-state index contributed by atoms with van der Waals surface area (Å²) in [5.74, 6) is 0.334. The first kappa shape index (κ1) is 10.8. The zero-order valence-corrected chi connectivity index (χ0v) is 9.22. The van der Waals surface area contributed by atoms with Gasteiger partial charge in [-0.3, -0.25) is 4.72 Å². The number of nitrogens with zero attached hydrogens (tertiary/aromatic N) is 2. The zero-order valence-electron chi connectivity index (χ0n) is 8.40. The van der Waals surface area contributed by atoms with Crippen molar-refractivity contribution in [3.63, 3.8) is 0 Å². The summed E-state index contributed by atoms with van der Waals surface area (Å²) in [5.41, 5.74) is 6.63. The number of anilines is 2. The molecule has 0 aromatic carbocycles.